The van der Waals surface area contributed by atoms with Gasteiger partial charge in [0.2, 0.25) is 5.91 Å². The summed E-state index contributed by atoms with van der Waals surface area (Å²) in [6.45, 7) is 8.20. The molecule has 0 aliphatic carbocycles. The number of rotatable bonds is 7. The normalized spacial score (nSPS) is 14.6. The Morgan fingerprint density at radius 2 is 2.05 bits per heavy atom. The molecule has 0 bridgehead atoms. The molecule has 1 amide bonds. The average molecular weight is 295 g/mol. The van der Waals surface area contributed by atoms with E-state index < -0.39 is 0 Å². The van der Waals surface area contributed by atoms with Gasteiger partial charge in [-0.1, -0.05) is 32.9 Å². The summed E-state index contributed by atoms with van der Waals surface area (Å²) in [6, 6.07) is 6.35. The molecule has 2 unspecified atom stereocenters. The number of nitrogens with one attached hydrogen (secondary N) is 1. The maximum atomic E-state index is 13.2. The van der Waals surface area contributed by atoms with Crippen molar-refractivity contribution in [1.82, 2.24) is 5.32 Å². The topological polar surface area (TPSA) is 49.3 Å². The summed E-state index contributed by atoms with van der Waals surface area (Å²) in [7, 11) is 0. The number of benzene rings is 1. The molecule has 4 heteroatoms. The lowest BCUT2D eigenvalue weighted by molar-refractivity contribution is -0.121. The molecule has 0 spiro atoms. The molecule has 0 aliphatic rings. The van der Waals surface area contributed by atoms with E-state index in [2.05, 4.69) is 5.32 Å². The Balaban J connectivity index is 2.47. The second-order valence-corrected chi connectivity index (χ2v) is 6.65. The third-order valence-electron chi connectivity index (χ3n) is 3.52. The first-order chi connectivity index (χ1) is 9.69. The summed E-state index contributed by atoms with van der Waals surface area (Å²) in [5.41, 5.74) is 0.680. The summed E-state index contributed by atoms with van der Waals surface area (Å²) >= 11 is 0. The summed E-state index contributed by atoms with van der Waals surface area (Å²) in [5.74, 6) is -0.358. The van der Waals surface area contributed by atoms with Crippen LogP contribution in [-0.2, 0) is 4.79 Å². The minimum absolute atomic E-state index is 0.0272. The van der Waals surface area contributed by atoms with Gasteiger partial charge in [0.15, 0.2) is 0 Å². The lowest BCUT2D eigenvalue weighted by Gasteiger charge is -2.26. The van der Waals surface area contributed by atoms with Gasteiger partial charge >= 0.3 is 0 Å². The molecule has 3 nitrogen and oxygen atoms in total. The van der Waals surface area contributed by atoms with Gasteiger partial charge in [0.25, 0.3) is 0 Å². The quantitative estimate of drug-likeness (QED) is 0.811. The van der Waals surface area contributed by atoms with Crippen LogP contribution in [0.1, 0.15) is 52.0 Å². The van der Waals surface area contributed by atoms with Gasteiger partial charge in [0.1, 0.15) is 5.82 Å². The Bertz CT molecular complexity index is 472. The predicted octanol–water partition coefficient (Wildman–Crippen LogP) is 3.23. The van der Waals surface area contributed by atoms with Gasteiger partial charge in [-0.2, -0.15) is 0 Å². The highest BCUT2D eigenvalue weighted by Crippen LogP contribution is 2.22. The number of aliphatic hydroxyl groups excluding tert-OH is 1. The van der Waals surface area contributed by atoms with Crippen LogP contribution < -0.4 is 5.32 Å². The second kappa shape index (κ2) is 7.55. The maximum absolute atomic E-state index is 13.2. The number of hydrogen-bond donors (Lipinski definition) is 2. The van der Waals surface area contributed by atoms with Gasteiger partial charge in [0.05, 0.1) is 6.10 Å². The SMILES string of the molecule is CC(O)CC(C)(C)CNC(=O)CC(C)c1cccc(F)c1. The van der Waals surface area contributed by atoms with Crippen LogP contribution in [-0.4, -0.2) is 23.7 Å². The molecule has 2 N–H and O–H groups in total. The molecule has 0 saturated heterocycles. The van der Waals surface area contributed by atoms with Crippen LogP contribution in [0.4, 0.5) is 4.39 Å². The fourth-order valence-corrected chi connectivity index (χ4v) is 2.49. The zero-order chi connectivity index (χ0) is 16.0. The zero-order valence-electron chi connectivity index (χ0n) is 13.3. The maximum Gasteiger partial charge on any atom is 0.220 e. The molecular formula is C17H26FNO2. The van der Waals surface area contributed by atoms with Crippen LogP contribution in [0.25, 0.3) is 0 Å². The number of amides is 1. The second-order valence-electron chi connectivity index (χ2n) is 6.65. The number of halogens is 1. The molecule has 0 heterocycles. The molecule has 0 radical (unpaired) electrons. The van der Waals surface area contributed by atoms with Crippen LogP contribution in [0, 0.1) is 11.2 Å². The molecule has 0 aliphatic heterocycles. The van der Waals surface area contributed by atoms with Gasteiger partial charge < -0.3 is 10.4 Å². The van der Waals surface area contributed by atoms with Gasteiger partial charge in [-0.15, -0.1) is 0 Å². The lowest BCUT2D eigenvalue weighted by atomic mass is 9.87. The van der Waals surface area contributed by atoms with E-state index in [0.29, 0.717) is 19.4 Å². The van der Waals surface area contributed by atoms with Gasteiger partial charge in [-0.25, -0.2) is 4.39 Å². The molecule has 1 rings (SSSR count). The van der Waals surface area contributed by atoms with Gasteiger partial charge in [-0.3, -0.25) is 4.79 Å². The van der Waals surface area contributed by atoms with Crippen molar-refractivity contribution in [3.63, 3.8) is 0 Å². The fourth-order valence-electron chi connectivity index (χ4n) is 2.49. The lowest BCUT2D eigenvalue weighted by Crippen LogP contribution is -2.36. The van der Waals surface area contributed by atoms with E-state index in [-0.39, 0.29) is 29.2 Å². The molecular weight excluding hydrogens is 269 g/mol. The summed E-state index contributed by atoms with van der Waals surface area (Å²) in [5, 5.41) is 12.3. The molecule has 0 saturated carbocycles. The molecule has 21 heavy (non-hydrogen) atoms. The van der Waals surface area contributed by atoms with E-state index in [0.717, 1.165) is 5.56 Å². The van der Waals surface area contributed by atoms with Crippen molar-refractivity contribution in [3.8, 4) is 0 Å². The first kappa shape index (κ1) is 17.6. The first-order valence-corrected chi connectivity index (χ1v) is 7.40. The van der Waals surface area contributed by atoms with Crippen LogP contribution in [0.15, 0.2) is 24.3 Å². The van der Waals surface area contributed by atoms with Crippen molar-refractivity contribution < 1.29 is 14.3 Å². The van der Waals surface area contributed by atoms with Crippen molar-refractivity contribution in [2.75, 3.05) is 6.54 Å². The van der Waals surface area contributed by atoms with Gasteiger partial charge in [0, 0.05) is 13.0 Å². The van der Waals surface area contributed by atoms with Crippen LogP contribution in [0.3, 0.4) is 0 Å². The van der Waals surface area contributed by atoms with E-state index in [1.807, 2.05) is 26.8 Å². The summed E-state index contributed by atoms with van der Waals surface area (Å²) < 4.78 is 13.2. The Morgan fingerprint density at radius 1 is 1.38 bits per heavy atom. The number of aliphatic hydroxyl groups is 1. The van der Waals surface area contributed by atoms with Crippen molar-refractivity contribution in [3.05, 3.63) is 35.6 Å². The molecule has 1 aromatic carbocycles. The van der Waals surface area contributed by atoms with E-state index in [1.54, 1.807) is 13.0 Å². The molecule has 0 aromatic heterocycles. The molecule has 0 fully saturated rings. The van der Waals surface area contributed by atoms with E-state index in [1.165, 1.54) is 12.1 Å². The minimum Gasteiger partial charge on any atom is -0.393 e. The zero-order valence-corrected chi connectivity index (χ0v) is 13.3. The monoisotopic (exact) mass is 295 g/mol. The third-order valence-corrected chi connectivity index (χ3v) is 3.52. The Labute approximate surface area is 126 Å². The number of carbonyl (C=O) groups is 1. The Kier molecular flexibility index (Phi) is 6.34. The van der Waals surface area contributed by atoms with Crippen molar-refractivity contribution in [2.45, 2.75) is 52.6 Å². The highest BCUT2D eigenvalue weighted by atomic mass is 19.1. The van der Waals surface area contributed by atoms with E-state index in [9.17, 15) is 14.3 Å². The molecule has 118 valence electrons. The van der Waals surface area contributed by atoms with E-state index >= 15 is 0 Å². The minimum atomic E-state index is -0.386. The van der Waals surface area contributed by atoms with Crippen molar-refractivity contribution in [2.24, 2.45) is 5.41 Å². The first-order valence-electron chi connectivity index (χ1n) is 7.40. The third kappa shape index (κ3) is 6.71. The number of hydrogen-bond acceptors (Lipinski definition) is 2. The highest BCUT2D eigenvalue weighted by Gasteiger charge is 2.21. The highest BCUT2D eigenvalue weighted by molar-refractivity contribution is 5.76. The number of carbonyl (C=O) groups excluding carboxylic acids is 1. The Morgan fingerprint density at radius 3 is 2.62 bits per heavy atom. The summed E-state index contributed by atoms with van der Waals surface area (Å²) in [6.07, 6.45) is 0.573. The smallest absolute Gasteiger partial charge is 0.220 e. The van der Waals surface area contributed by atoms with E-state index in [4.69, 9.17) is 0 Å². The average Bonchev–Trinajstić information content (AvgIpc) is 2.35. The Hall–Kier alpha value is -1.42. The van der Waals surface area contributed by atoms with Crippen LogP contribution in [0.5, 0.6) is 0 Å². The van der Waals surface area contributed by atoms with Crippen molar-refractivity contribution in [1.29, 1.82) is 0 Å². The largest absolute Gasteiger partial charge is 0.393 e. The van der Waals surface area contributed by atoms with Gasteiger partial charge in [-0.05, 0) is 42.4 Å². The fraction of sp³-hybridized carbons (Fsp3) is 0.588. The predicted molar refractivity (Wildman–Crippen MR) is 82.5 cm³/mol. The van der Waals surface area contributed by atoms with Crippen LogP contribution in [0.2, 0.25) is 0 Å². The standard InChI is InChI=1S/C17H26FNO2/c1-12(14-6-5-7-15(18)9-14)8-16(21)19-11-17(3,4)10-13(2)20/h5-7,9,12-13,20H,8,10-11H2,1-4H3,(H,19,21). The van der Waals surface area contributed by atoms with Crippen LogP contribution >= 0.6 is 0 Å². The molecule has 2 atom stereocenters. The summed E-state index contributed by atoms with van der Waals surface area (Å²) in [4.78, 5) is 12.0. The van der Waals surface area contributed by atoms with Crippen molar-refractivity contribution >= 4 is 5.91 Å². The molecule has 1 aromatic rings.